The van der Waals surface area contributed by atoms with E-state index in [1.165, 1.54) is 0 Å². The summed E-state index contributed by atoms with van der Waals surface area (Å²) in [6.45, 7) is 2.65. The van der Waals surface area contributed by atoms with E-state index in [-0.39, 0.29) is 24.0 Å². The van der Waals surface area contributed by atoms with Crippen molar-refractivity contribution in [1.29, 1.82) is 0 Å². The van der Waals surface area contributed by atoms with Crippen molar-refractivity contribution >= 4 is 11.9 Å². The van der Waals surface area contributed by atoms with Gasteiger partial charge < -0.3 is 20.7 Å². The second kappa shape index (κ2) is 8.40. The number of carbonyl (C=O) groups excluding carboxylic acids is 2. The molecule has 3 N–H and O–H groups in total. The van der Waals surface area contributed by atoms with Crippen LogP contribution in [-0.4, -0.2) is 61.1 Å². The van der Waals surface area contributed by atoms with Gasteiger partial charge in [0.15, 0.2) is 0 Å². The number of hydrogen-bond acceptors (Lipinski definition) is 4. The van der Waals surface area contributed by atoms with Gasteiger partial charge in [0.2, 0.25) is 5.91 Å². The lowest BCUT2D eigenvalue weighted by Crippen LogP contribution is -2.50. The number of carbonyl (C=O) groups is 2. The van der Waals surface area contributed by atoms with E-state index < -0.39 is 0 Å². The number of benzene rings is 1. The number of nitrogens with zero attached hydrogens (tertiary/aromatic N) is 2. The number of methoxy groups -OCH3 is 1. The number of likely N-dealkylation sites (tertiary alicyclic amines) is 2. The zero-order chi connectivity index (χ0) is 18.5. The van der Waals surface area contributed by atoms with E-state index in [0.29, 0.717) is 6.54 Å². The number of piperidine rings is 1. The quantitative estimate of drug-likeness (QED) is 0.833. The molecule has 0 saturated carbocycles. The molecule has 0 aliphatic carbocycles. The first-order valence-corrected chi connectivity index (χ1v) is 9.28. The van der Waals surface area contributed by atoms with E-state index in [1.54, 1.807) is 7.11 Å². The molecule has 0 aromatic heterocycles. The molecule has 0 unspecified atom stereocenters. The van der Waals surface area contributed by atoms with Crippen LogP contribution in [0.4, 0.5) is 4.79 Å². The van der Waals surface area contributed by atoms with E-state index in [2.05, 4.69) is 5.32 Å². The lowest BCUT2D eigenvalue weighted by atomic mass is 10.0. The van der Waals surface area contributed by atoms with Gasteiger partial charge >= 0.3 is 6.03 Å². The molecule has 26 heavy (non-hydrogen) atoms. The van der Waals surface area contributed by atoms with Gasteiger partial charge in [-0.2, -0.15) is 0 Å². The average molecular weight is 360 g/mol. The second-order valence-corrected chi connectivity index (χ2v) is 7.09. The van der Waals surface area contributed by atoms with E-state index >= 15 is 0 Å². The van der Waals surface area contributed by atoms with Gasteiger partial charge in [-0.1, -0.05) is 12.1 Å². The summed E-state index contributed by atoms with van der Waals surface area (Å²) in [5, 5.41) is 3.18. The van der Waals surface area contributed by atoms with E-state index in [1.807, 2.05) is 34.1 Å². The Morgan fingerprint density at radius 3 is 2.46 bits per heavy atom. The predicted octanol–water partition coefficient (Wildman–Crippen LogP) is 1.49. The topological polar surface area (TPSA) is 87.9 Å². The smallest absolute Gasteiger partial charge is 0.318 e. The third-order valence-corrected chi connectivity index (χ3v) is 5.31. The number of hydrogen-bond donors (Lipinski definition) is 2. The van der Waals surface area contributed by atoms with Gasteiger partial charge in [0.25, 0.3) is 0 Å². The van der Waals surface area contributed by atoms with Crippen molar-refractivity contribution in [2.75, 3.05) is 33.3 Å². The summed E-state index contributed by atoms with van der Waals surface area (Å²) in [6.07, 6.45) is 3.69. The molecule has 2 saturated heterocycles. The largest absolute Gasteiger partial charge is 0.497 e. The highest BCUT2D eigenvalue weighted by atomic mass is 16.5. The molecule has 142 valence electrons. The summed E-state index contributed by atoms with van der Waals surface area (Å²) in [5.74, 6) is 0.525. The molecule has 2 heterocycles. The van der Waals surface area contributed by atoms with Crippen molar-refractivity contribution in [2.45, 2.75) is 37.8 Å². The van der Waals surface area contributed by atoms with Crippen LogP contribution in [-0.2, 0) is 4.79 Å². The maximum absolute atomic E-state index is 12.8. The van der Waals surface area contributed by atoms with Gasteiger partial charge in [0, 0.05) is 25.7 Å². The normalized spacial score (nSPS) is 21.6. The molecule has 7 heteroatoms. The number of ether oxygens (including phenoxy) is 1. The molecular formula is C19H28N4O3. The minimum atomic E-state index is -0.299. The summed E-state index contributed by atoms with van der Waals surface area (Å²) in [6, 6.07) is 8.25. The fraction of sp³-hybridized carbons (Fsp3) is 0.579. The highest BCUT2D eigenvalue weighted by Gasteiger charge is 2.31. The van der Waals surface area contributed by atoms with Gasteiger partial charge in [-0.25, -0.2) is 4.79 Å². The first-order chi connectivity index (χ1) is 12.6. The number of nitrogens with one attached hydrogen (secondary N) is 1. The average Bonchev–Trinajstić information content (AvgIpc) is 3.13. The Labute approximate surface area is 154 Å². The van der Waals surface area contributed by atoms with E-state index in [0.717, 1.165) is 56.6 Å². The van der Waals surface area contributed by atoms with Crippen LogP contribution in [0.5, 0.6) is 5.75 Å². The maximum Gasteiger partial charge on any atom is 0.318 e. The highest BCUT2D eigenvalue weighted by molar-refractivity contribution is 5.76. The van der Waals surface area contributed by atoms with Crippen molar-refractivity contribution in [3.63, 3.8) is 0 Å². The van der Waals surface area contributed by atoms with Gasteiger partial charge in [-0.15, -0.1) is 0 Å². The molecule has 3 amide bonds. The molecule has 1 atom stereocenters. The molecule has 0 radical (unpaired) electrons. The minimum absolute atomic E-state index is 0.0108. The van der Waals surface area contributed by atoms with Crippen molar-refractivity contribution in [1.82, 2.24) is 15.1 Å². The maximum atomic E-state index is 12.8. The zero-order valence-corrected chi connectivity index (χ0v) is 15.3. The molecule has 7 nitrogen and oxygen atoms in total. The van der Waals surface area contributed by atoms with Crippen molar-refractivity contribution in [3.8, 4) is 5.75 Å². The lowest BCUT2D eigenvalue weighted by molar-refractivity contribution is -0.119. The standard InChI is InChI=1S/C19H28N4O3/c1-26-16-6-4-14(5-7-16)17-3-2-10-23(17)19(25)21-15-8-11-22(12-9-15)13-18(20)24/h4-7,15,17H,2-3,8-13H2,1H3,(H2,20,24)(H,21,25)/t17-/m1/s1. The summed E-state index contributed by atoms with van der Waals surface area (Å²) >= 11 is 0. The van der Waals surface area contributed by atoms with E-state index in [4.69, 9.17) is 10.5 Å². The third-order valence-electron chi connectivity index (χ3n) is 5.31. The monoisotopic (exact) mass is 360 g/mol. The number of nitrogens with two attached hydrogens (primary N) is 1. The molecular weight excluding hydrogens is 332 g/mol. The van der Waals surface area contributed by atoms with Gasteiger partial charge in [0.1, 0.15) is 5.75 Å². The fourth-order valence-electron chi connectivity index (χ4n) is 3.90. The SMILES string of the molecule is COc1ccc([C@H]2CCCN2C(=O)NC2CCN(CC(N)=O)CC2)cc1. The lowest BCUT2D eigenvalue weighted by Gasteiger charge is -2.33. The van der Waals surface area contributed by atoms with Gasteiger partial charge in [-0.05, 0) is 43.4 Å². The molecule has 0 spiro atoms. The number of amides is 3. The van der Waals surface area contributed by atoms with Crippen LogP contribution in [0.25, 0.3) is 0 Å². The minimum Gasteiger partial charge on any atom is -0.497 e. The number of rotatable bonds is 5. The summed E-state index contributed by atoms with van der Waals surface area (Å²) in [7, 11) is 1.65. The Morgan fingerprint density at radius 1 is 1.15 bits per heavy atom. The van der Waals surface area contributed by atoms with Crippen LogP contribution >= 0.6 is 0 Å². The molecule has 1 aromatic rings. The molecule has 3 rings (SSSR count). The van der Waals surface area contributed by atoms with Crippen LogP contribution in [0.15, 0.2) is 24.3 Å². The summed E-state index contributed by atoms with van der Waals surface area (Å²) in [5.41, 5.74) is 6.39. The van der Waals surface area contributed by atoms with Crippen LogP contribution in [0.3, 0.4) is 0 Å². The van der Waals surface area contributed by atoms with Crippen LogP contribution < -0.4 is 15.8 Å². The summed E-state index contributed by atoms with van der Waals surface area (Å²) in [4.78, 5) is 27.8. The highest BCUT2D eigenvalue weighted by Crippen LogP contribution is 2.32. The Bertz CT molecular complexity index is 626. The fourth-order valence-corrected chi connectivity index (χ4v) is 3.90. The van der Waals surface area contributed by atoms with Crippen LogP contribution in [0.1, 0.15) is 37.3 Å². The molecule has 2 aliphatic rings. The van der Waals surface area contributed by atoms with Crippen molar-refractivity contribution in [2.24, 2.45) is 5.73 Å². The Hall–Kier alpha value is -2.28. The second-order valence-electron chi connectivity index (χ2n) is 7.09. The molecule has 2 aliphatic heterocycles. The Morgan fingerprint density at radius 2 is 1.85 bits per heavy atom. The Balaban J connectivity index is 1.54. The van der Waals surface area contributed by atoms with Gasteiger partial charge in [-0.3, -0.25) is 9.69 Å². The molecule has 0 bridgehead atoms. The third kappa shape index (κ3) is 4.46. The number of urea groups is 1. The van der Waals surface area contributed by atoms with Gasteiger partial charge in [0.05, 0.1) is 19.7 Å². The molecule has 2 fully saturated rings. The van der Waals surface area contributed by atoms with Crippen molar-refractivity contribution in [3.05, 3.63) is 29.8 Å². The van der Waals surface area contributed by atoms with E-state index in [9.17, 15) is 9.59 Å². The Kier molecular flexibility index (Phi) is 5.98. The number of primary amides is 1. The zero-order valence-electron chi connectivity index (χ0n) is 15.3. The van der Waals surface area contributed by atoms with Crippen LogP contribution in [0.2, 0.25) is 0 Å². The van der Waals surface area contributed by atoms with Crippen LogP contribution in [0, 0.1) is 0 Å². The van der Waals surface area contributed by atoms with Crippen molar-refractivity contribution < 1.29 is 14.3 Å². The summed E-state index contributed by atoms with van der Waals surface area (Å²) < 4.78 is 5.21. The first-order valence-electron chi connectivity index (χ1n) is 9.28. The first kappa shape index (κ1) is 18.5. The molecule has 1 aromatic carbocycles. The predicted molar refractivity (Wildman–Crippen MR) is 98.9 cm³/mol.